The Morgan fingerprint density at radius 2 is 0.710 bits per heavy atom. The third-order valence-electron chi connectivity index (χ3n) is 2.96. The molecule has 0 spiro atoms. The average molecular weight is 523 g/mol. The molecule has 0 atom stereocenters. The molecule has 0 aromatic heterocycles. The second-order valence-electron chi connectivity index (χ2n) is 8.53. The summed E-state index contributed by atoms with van der Waals surface area (Å²) >= 11 is 0. The second-order valence-corrected chi connectivity index (χ2v) is 8.53. The first kappa shape index (κ1) is 36.7. The summed E-state index contributed by atoms with van der Waals surface area (Å²) in [5, 5.41) is 27.1. The molecule has 3 N–H and O–H groups in total. The van der Waals surface area contributed by atoms with E-state index in [1.165, 1.54) is 39.0 Å². The zero-order valence-corrected chi connectivity index (χ0v) is 22.6. The van der Waals surface area contributed by atoms with E-state index in [4.69, 9.17) is 15.3 Å². The average Bonchev–Trinajstić information content (AvgIpc) is 2.42. The van der Waals surface area contributed by atoms with Crippen LogP contribution in [0.25, 0.3) is 0 Å². The van der Waals surface area contributed by atoms with Gasteiger partial charge in [-0.1, -0.05) is 41.5 Å². The minimum absolute atomic E-state index is 0. The van der Waals surface area contributed by atoms with E-state index >= 15 is 0 Å². The molecule has 6 nitrogen and oxygen atoms in total. The number of aliphatic hydroxyl groups excluding tert-OH is 3. The van der Waals surface area contributed by atoms with E-state index in [-0.39, 0.29) is 55.7 Å². The number of ketones is 3. The normalized spacial score (nSPS) is 11.8. The summed E-state index contributed by atoms with van der Waals surface area (Å²) < 4.78 is 0. The van der Waals surface area contributed by atoms with Crippen molar-refractivity contribution in [3.05, 3.63) is 35.5 Å². The minimum atomic E-state index is -0.0989. The molecule has 31 heavy (non-hydrogen) atoms. The predicted molar refractivity (Wildman–Crippen MR) is 123 cm³/mol. The summed E-state index contributed by atoms with van der Waals surface area (Å²) in [5.41, 5.74) is 0. The number of carbonyl (C=O) groups excluding carboxylic acids is 3. The van der Waals surface area contributed by atoms with Crippen LogP contribution in [-0.4, -0.2) is 32.7 Å². The number of allylic oxidation sites excluding steroid dienone is 6. The van der Waals surface area contributed by atoms with Gasteiger partial charge in [0, 0.05) is 58.6 Å². The zero-order valence-electron chi connectivity index (χ0n) is 20.6. The van der Waals surface area contributed by atoms with E-state index in [0.29, 0.717) is 37.0 Å². The Bertz CT molecular complexity index is 528. The van der Waals surface area contributed by atoms with E-state index < -0.39 is 0 Å². The summed E-state index contributed by atoms with van der Waals surface area (Å²) in [5.74, 6) is 1.45. The van der Waals surface area contributed by atoms with Crippen LogP contribution < -0.4 is 0 Å². The first-order valence-corrected chi connectivity index (χ1v) is 10.3. The van der Waals surface area contributed by atoms with Crippen molar-refractivity contribution in [2.45, 2.75) is 81.6 Å². The van der Waals surface area contributed by atoms with Gasteiger partial charge in [-0.05, 0) is 38.5 Å². The topological polar surface area (TPSA) is 112 Å². The largest absolute Gasteiger partial charge is 0.512 e. The molecular formula is C24H42MoO6. The van der Waals surface area contributed by atoms with E-state index in [1.807, 2.05) is 41.5 Å². The fourth-order valence-electron chi connectivity index (χ4n) is 2.14. The molecule has 0 radical (unpaired) electrons. The van der Waals surface area contributed by atoms with Crippen LogP contribution in [0.5, 0.6) is 0 Å². The molecule has 0 fully saturated rings. The summed E-state index contributed by atoms with van der Waals surface area (Å²) in [7, 11) is 0. The Balaban J connectivity index is -0.000000174. The fraction of sp³-hybridized carbons (Fsp3) is 0.625. The molecule has 0 aliphatic heterocycles. The maximum atomic E-state index is 10.4. The quantitative estimate of drug-likeness (QED) is 0.189. The molecule has 0 rings (SSSR count). The van der Waals surface area contributed by atoms with Gasteiger partial charge in [0.1, 0.15) is 0 Å². The molecule has 180 valence electrons. The van der Waals surface area contributed by atoms with Crippen LogP contribution in [0.3, 0.4) is 0 Å². The van der Waals surface area contributed by atoms with E-state index in [1.54, 1.807) is 0 Å². The van der Waals surface area contributed by atoms with Gasteiger partial charge in [0.25, 0.3) is 0 Å². The molecule has 0 aromatic rings. The Hall–Kier alpha value is -1.68. The Morgan fingerprint density at radius 1 is 0.548 bits per heavy atom. The van der Waals surface area contributed by atoms with Crippen LogP contribution in [0.15, 0.2) is 35.5 Å². The van der Waals surface area contributed by atoms with Gasteiger partial charge in [-0.15, -0.1) is 0 Å². The van der Waals surface area contributed by atoms with Crippen LogP contribution in [0.2, 0.25) is 0 Å². The molecule has 0 saturated heterocycles. The van der Waals surface area contributed by atoms with Gasteiger partial charge in [0.15, 0.2) is 17.3 Å². The van der Waals surface area contributed by atoms with E-state index in [9.17, 15) is 14.4 Å². The number of carbonyl (C=O) groups is 3. The molecule has 0 amide bonds. The Kier molecular flexibility index (Phi) is 25.5. The van der Waals surface area contributed by atoms with Gasteiger partial charge >= 0.3 is 0 Å². The van der Waals surface area contributed by atoms with Crippen LogP contribution in [-0.2, 0) is 35.4 Å². The third kappa shape index (κ3) is 39.4. The van der Waals surface area contributed by atoms with Crippen molar-refractivity contribution in [1.82, 2.24) is 0 Å². The number of hydrogen-bond donors (Lipinski definition) is 3. The Morgan fingerprint density at radius 3 is 0.806 bits per heavy atom. The number of aliphatic hydroxyl groups is 3. The Labute approximate surface area is 202 Å². The van der Waals surface area contributed by atoms with Gasteiger partial charge in [-0.3, -0.25) is 14.4 Å². The molecule has 0 aliphatic carbocycles. The standard InChI is InChI=1S/3C8H14O2.Mo/c3*1-6(2)4-8(10)5-7(3)9;/h3*5-6,10H,4H2,1-3H3;. The molecule has 0 unspecified atom stereocenters. The molecule has 0 saturated carbocycles. The van der Waals surface area contributed by atoms with Crippen LogP contribution >= 0.6 is 0 Å². The number of hydrogen-bond acceptors (Lipinski definition) is 6. The zero-order chi connectivity index (χ0) is 24.4. The van der Waals surface area contributed by atoms with Crippen molar-refractivity contribution in [1.29, 1.82) is 0 Å². The molecule has 0 aromatic carbocycles. The van der Waals surface area contributed by atoms with Crippen LogP contribution in [0.4, 0.5) is 0 Å². The smallest absolute Gasteiger partial charge is 0.155 e. The molecule has 0 aliphatic rings. The predicted octanol–water partition coefficient (Wildman–Crippen LogP) is 6.19. The van der Waals surface area contributed by atoms with Gasteiger partial charge in [0.05, 0.1) is 17.3 Å². The second kappa shape index (κ2) is 21.5. The first-order chi connectivity index (χ1) is 13.6. The van der Waals surface area contributed by atoms with Crippen molar-refractivity contribution in [2.75, 3.05) is 0 Å². The summed E-state index contributed by atoms with van der Waals surface area (Å²) in [4.78, 5) is 31.2. The van der Waals surface area contributed by atoms with Gasteiger partial charge in [-0.25, -0.2) is 0 Å². The van der Waals surface area contributed by atoms with Gasteiger partial charge in [0.2, 0.25) is 0 Å². The van der Waals surface area contributed by atoms with Crippen molar-refractivity contribution in [3.63, 3.8) is 0 Å². The van der Waals surface area contributed by atoms with Crippen LogP contribution in [0.1, 0.15) is 81.6 Å². The van der Waals surface area contributed by atoms with E-state index in [2.05, 4.69) is 0 Å². The maximum absolute atomic E-state index is 10.4. The number of rotatable bonds is 9. The molecule has 7 heteroatoms. The summed E-state index contributed by atoms with van der Waals surface area (Å²) in [6.07, 6.45) is 5.54. The molecular weight excluding hydrogens is 480 g/mol. The van der Waals surface area contributed by atoms with Crippen molar-refractivity contribution in [2.24, 2.45) is 17.8 Å². The van der Waals surface area contributed by atoms with Crippen molar-refractivity contribution < 1.29 is 50.8 Å². The minimum Gasteiger partial charge on any atom is -0.512 e. The summed E-state index contributed by atoms with van der Waals surface area (Å²) in [6.45, 7) is 16.2. The van der Waals surface area contributed by atoms with Gasteiger partial charge in [-0.2, -0.15) is 0 Å². The fourth-order valence-corrected chi connectivity index (χ4v) is 2.14. The molecule has 0 bridgehead atoms. The van der Waals surface area contributed by atoms with E-state index in [0.717, 1.165) is 0 Å². The summed E-state index contributed by atoms with van der Waals surface area (Å²) in [6, 6.07) is 0. The molecule has 0 heterocycles. The first-order valence-electron chi connectivity index (χ1n) is 10.3. The van der Waals surface area contributed by atoms with Crippen LogP contribution in [0, 0.1) is 17.8 Å². The van der Waals surface area contributed by atoms with Crippen molar-refractivity contribution >= 4 is 17.3 Å². The maximum Gasteiger partial charge on any atom is 0.155 e. The monoisotopic (exact) mass is 524 g/mol. The third-order valence-corrected chi connectivity index (χ3v) is 2.96. The SMILES string of the molecule is CC(=O)C=C(O)CC(C)C.CC(=O)C=C(O)CC(C)C.CC(=O)C=C(O)CC(C)C.[Mo]. The van der Waals surface area contributed by atoms with Crippen molar-refractivity contribution in [3.8, 4) is 0 Å². The van der Waals surface area contributed by atoms with Gasteiger partial charge < -0.3 is 15.3 Å².